The summed E-state index contributed by atoms with van der Waals surface area (Å²) in [5.41, 5.74) is 8.20. The van der Waals surface area contributed by atoms with Crippen LogP contribution in [-0.4, -0.2) is 24.5 Å². The second-order valence-corrected chi connectivity index (χ2v) is 7.13. The summed E-state index contributed by atoms with van der Waals surface area (Å²) >= 11 is 3.38. The van der Waals surface area contributed by atoms with Crippen molar-refractivity contribution in [2.75, 3.05) is 11.1 Å². The lowest BCUT2D eigenvalue weighted by molar-refractivity contribution is 0.704. The van der Waals surface area contributed by atoms with Gasteiger partial charge in [-0.3, -0.25) is 9.36 Å². The Morgan fingerprint density at radius 1 is 1.14 bits per heavy atom. The fraction of sp³-hybridized carbons (Fsp3) is 0.105. The number of aryl methyl sites for hydroxylation is 1. The van der Waals surface area contributed by atoms with Gasteiger partial charge in [-0.15, -0.1) is 0 Å². The minimum atomic E-state index is -0.182. The predicted octanol–water partition coefficient (Wildman–Crippen LogP) is 3.03. The quantitative estimate of drug-likeness (QED) is 0.504. The highest BCUT2D eigenvalue weighted by molar-refractivity contribution is 9.10. The summed E-state index contributed by atoms with van der Waals surface area (Å²) < 4.78 is 2.26. The van der Waals surface area contributed by atoms with Crippen molar-refractivity contribution in [1.29, 1.82) is 0 Å². The van der Waals surface area contributed by atoms with Gasteiger partial charge in [0.05, 0.1) is 23.8 Å². The Bertz CT molecular complexity index is 1240. The Hall–Kier alpha value is -3.33. The van der Waals surface area contributed by atoms with Crippen LogP contribution in [0.5, 0.6) is 0 Å². The maximum Gasteiger partial charge on any atom is 0.261 e. The smallest absolute Gasteiger partial charge is 0.261 e. The van der Waals surface area contributed by atoms with Crippen molar-refractivity contribution in [3.8, 4) is 0 Å². The Labute approximate surface area is 168 Å². The summed E-state index contributed by atoms with van der Waals surface area (Å²) in [4.78, 5) is 29.8. The summed E-state index contributed by atoms with van der Waals surface area (Å²) in [6, 6.07) is 13.1. The molecule has 0 radical (unpaired) electrons. The summed E-state index contributed by atoms with van der Waals surface area (Å²) in [7, 11) is 0. The zero-order valence-electron chi connectivity index (χ0n) is 14.9. The molecule has 0 fully saturated rings. The van der Waals surface area contributed by atoms with E-state index in [2.05, 4.69) is 41.2 Å². The Kier molecular flexibility index (Phi) is 4.74. The topological polar surface area (TPSA) is 112 Å². The van der Waals surface area contributed by atoms with E-state index in [0.717, 1.165) is 15.7 Å². The Morgan fingerprint density at radius 2 is 1.96 bits per heavy atom. The second-order valence-electron chi connectivity index (χ2n) is 6.21. The molecule has 9 heteroatoms. The van der Waals surface area contributed by atoms with E-state index in [9.17, 15) is 4.79 Å². The van der Waals surface area contributed by atoms with Crippen LogP contribution in [0.15, 0.2) is 58.1 Å². The van der Waals surface area contributed by atoms with Crippen molar-refractivity contribution in [2.45, 2.75) is 13.5 Å². The van der Waals surface area contributed by atoms with Gasteiger partial charge >= 0.3 is 0 Å². The lowest BCUT2D eigenvalue weighted by atomic mass is 10.2. The molecule has 0 saturated heterocycles. The number of nitrogens with two attached hydrogens (primary N) is 1. The average molecular weight is 438 g/mol. The maximum absolute atomic E-state index is 12.8. The molecule has 2 aromatic heterocycles. The predicted molar refractivity (Wildman–Crippen MR) is 112 cm³/mol. The number of hydrogen-bond donors (Lipinski definition) is 2. The van der Waals surface area contributed by atoms with E-state index in [1.54, 1.807) is 12.1 Å². The second kappa shape index (κ2) is 7.35. The largest absolute Gasteiger partial charge is 0.368 e. The average Bonchev–Trinajstić information content (AvgIpc) is 2.66. The number of rotatable bonds is 4. The molecule has 0 aliphatic carbocycles. The van der Waals surface area contributed by atoms with E-state index in [0.29, 0.717) is 22.7 Å². The van der Waals surface area contributed by atoms with Gasteiger partial charge in [0.1, 0.15) is 0 Å². The minimum absolute atomic E-state index is 0.0747. The van der Waals surface area contributed by atoms with Crippen molar-refractivity contribution < 1.29 is 0 Å². The molecule has 140 valence electrons. The van der Waals surface area contributed by atoms with Crippen molar-refractivity contribution in [2.24, 2.45) is 0 Å². The van der Waals surface area contributed by atoms with Crippen LogP contribution >= 0.6 is 15.9 Å². The monoisotopic (exact) mass is 437 g/mol. The van der Waals surface area contributed by atoms with Crippen LogP contribution in [0.3, 0.4) is 0 Å². The van der Waals surface area contributed by atoms with Gasteiger partial charge in [0, 0.05) is 10.2 Å². The molecule has 0 unspecified atom stereocenters. The summed E-state index contributed by atoms with van der Waals surface area (Å²) in [5, 5.41) is 3.65. The lowest BCUT2D eigenvalue weighted by Gasteiger charge is -2.10. The van der Waals surface area contributed by atoms with Crippen LogP contribution in [0.4, 0.5) is 17.6 Å². The minimum Gasteiger partial charge on any atom is -0.368 e. The van der Waals surface area contributed by atoms with E-state index in [1.807, 2.05) is 37.3 Å². The third kappa shape index (κ3) is 3.70. The fourth-order valence-corrected chi connectivity index (χ4v) is 3.16. The molecule has 3 N–H and O–H groups in total. The molecule has 2 aromatic carbocycles. The number of benzene rings is 2. The first-order valence-electron chi connectivity index (χ1n) is 8.47. The standard InChI is InChI=1S/C19H16BrN7O/c1-11-4-2-3-5-14(11)23-19-25-16(24-18(21)26-19)9-27-10-22-15-7-6-12(20)8-13(15)17(27)28/h2-8,10H,9H2,1H3,(H3,21,23,24,25,26). The molecule has 0 atom stereocenters. The van der Waals surface area contributed by atoms with Gasteiger partial charge in [-0.05, 0) is 36.8 Å². The molecule has 2 heterocycles. The van der Waals surface area contributed by atoms with E-state index in [-0.39, 0.29) is 18.1 Å². The Morgan fingerprint density at radius 3 is 2.79 bits per heavy atom. The number of anilines is 3. The number of hydrogen-bond acceptors (Lipinski definition) is 7. The van der Waals surface area contributed by atoms with Gasteiger partial charge in [0.25, 0.3) is 5.56 Å². The number of fused-ring (bicyclic) bond motifs is 1. The van der Waals surface area contributed by atoms with Crippen molar-refractivity contribution in [1.82, 2.24) is 24.5 Å². The highest BCUT2D eigenvalue weighted by Gasteiger charge is 2.10. The van der Waals surface area contributed by atoms with E-state index < -0.39 is 0 Å². The fourth-order valence-electron chi connectivity index (χ4n) is 2.79. The molecule has 0 aliphatic rings. The van der Waals surface area contributed by atoms with Crippen molar-refractivity contribution in [3.63, 3.8) is 0 Å². The molecule has 0 spiro atoms. The van der Waals surface area contributed by atoms with Gasteiger partial charge < -0.3 is 11.1 Å². The van der Waals surface area contributed by atoms with Gasteiger partial charge in [-0.1, -0.05) is 34.1 Å². The molecule has 28 heavy (non-hydrogen) atoms. The van der Waals surface area contributed by atoms with Crippen LogP contribution in [0, 0.1) is 6.92 Å². The molecule has 0 saturated carbocycles. The molecule has 4 aromatic rings. The number of nitrogens with zero attached hydrogens (tertiary/aromatic N) is 5. The number of aromatic nitrogens is 5. The van der Waals surface area contributed by atoms with Crippen LogP contribution in [-0.2, 0) is 6.54 Å². The normalized spacial score (nSPS) is 10.9. The summed E-state index contributed by atoms with van der Waals surface area (Å²) in [6.45, 7) is 2.11. The SMILES string of the molecule is Cc1ccccc1Nc1nc(N)nc(Cn2cnc3ccc(Br)cc3c2=O)n1. The molecule has 0 amide bonds. The molecule has 0 aliphatic heterocycles. The van der Waals surface area contributed by atoms with Crippen LogP contribution in [0.25, 0.3) is 10.9 Å². The van der Waals surface area contributed by atoms with Gasteiger partial charge in [-0.25, -0.2) is 4.98 Å². The number of nitrogens with one attached hydrogen (secondary N) is 1. The van der Waals surface area contributed by atoms with E-state index in [4.69, 9.17) is 5.73 Å². The van der Waals surface area contributed by atoms with Crippen molar-refractivity contribution >= 4 is 44.4 Å². The molecular formula is C19H16BrN7O. The van der Waals surface area contributed by atoms with E-state index >= 15 is 0 Å². The third-order valence-corrected chi connectivity index (χ3v) is 4.68. The molecule has 0 bridgehead atoms. The molecular weight excluding hydrogens is 422 g/mol. The highest BCUT2D eigenvalue weighted by atomic mass is 79.9. The summed E-state index contributed by atoms with van der Waals surface area (Å²) in [5.74, 6) is 0.758. The maximum atomic E-state index is 12.8. The first-order chi connectivity index (χ1) is 13.5. The third-order valence-electron chi connectivity index (χ3n) is 4.19. The van der Waals surface area contributed by atoms with Crippen molar-refractivity contribution in [3.05, 3.63) is 75.0 Å². The van der Waals surface area contributed by atoms with Crippen LogP contribution in [0.1, 0.15) is 11.4 Å². The van der Waals surface area contributed by atoms with Gasteiger partial charge in [-0.2, -0.15) is 15.0 Å². The molecule has 4 rings (SSSR count). The van der Waals surface area contributed by atoms with E-state index in [1.165, 1.54) is 10.9 Å². The Balaban J connectivity index is 1.68. The van der Waals surface area contributed by atoms with Crippen LogP contribution in [0.2, 0.25) is 0 Å². The van der Waals surface area contributed by atoms with Gasteiger partial charge in [0.15, 0.2) is 5.82 Å². The number of nitrogen functional groups attached to an aromatic ring is 1. The first kappa shape index (κ1) is 18.1. The highest BCUT2D eigenvalue weighted by Crippen LogP contribution is 2.18. The zero-order chi connectivity index (χ0) is 19.7. The first-order valence-corrected chi connectivity index (χ1v) is 9.27. The molecule has 8 nitrogen and oxygen atoms in total. The number of halogens is 1. The zero-order valence-corrected chi connectivity index (χ0v) is 16.5. The number of para-hydroxylation sites is 1. The van der Waals surface area contributed by atoms with Crippen LogP contribution < -0.4 is 16.6 Å². The van der Waals surface area contributed by atoms with Gasteiger partial charge in [0.2, 0.25) is 11.9 Å². The summed E-state index contributed by atoms with van der Waals surface area (Å²) in [6.07, 6.45) is 1.48. The lowest BCUT2D eigenvalue weighted by Crippen LogP contribution is -2.22.